The summed E-state index contributed by atoms with van der Waals surface area (Å²) in [7, 11) is 1.37. The van der Waals surface area contributed by atoms with Gasteiger partial charge in [-0.15, -0.1) is 0 Å². The molecule has 0 fully saturated rings. The van der Waals surface area contributed by atoms with E-state index in [1.807, 2.05) is 18.8 Å². The fraction of sp³-hybridized carbons (Fsp3) is 0.390. The number of hydrogen-bond donors (Lipinski definition) is 2. The largest absolute Gasteiger partial charge is 0.467 e. The van der Waals surface area contributed by atoms with Gasteiger partial charge in [0.2, 0.25) is 5.91 Å². The van der Waals surface area contributed by atoms with Crippen LogP contribution < -0.4 is 10.6 Å². The van der Waals surface area contributed by atoms with Gasteiger partial charge >= 0.3 is 5.97 Å². The summed E-state index contributed by atoms with van der Waals surface area (Å²) < 4.78 is 7.24. The number of thioether (sulfide) groups is 1. The van der Waals surface area contributed by atoms with Gasteiger partial charge in [-0.3, -0.25) is 9.69 Å². The van der Waals surface area contributed by atoms with Crippen molar-refractivity contribution in [3.8, 4) is 0 Å². The van der Waals surface area contributed by atoms with Gasteiger partial charge in [-0.25, -0.2) is 9.78 Å². The molecular weight excluding hydrogens is 643 g/mol. The van der Waals surface area contributed by atoms with Crippen LogP contribution in [-0.4, -0.2) is 77.2 Å². The normalized spacial score (nSPS) is 13.4. The zero-order chi connectivity index (χ0) is 35.3. The highest BCUT2D eigenvalue weighted by atomic mass is 32.2. The molecule has 8 nitrogen and oxygen atoms in total. The van der Waals surface area contributed by atoms with Gasteiger partial charge in [0.05, 0.1) is 20.0 Å². The Morgan fingerprint density at radius 3 is 2.52 bits per heavy atom. The van der Waals surface area contributed by atoms with Gasteiger partial charge < -0.3 is 19.9 Å². The number of rotatable bonds is 19. The first-order chi connectivity index (χ1) is 24.4. The smallest absolute Gasteiger partial charge is 0.328 e. The topological polar surface area (TPSA) is 88.5 Å². The molecule has 0 aliphatic rings. The number of fused-ring (bicyclic) bond motifs is 2. The minimum absolute atomic E-state index is 0.146. The maximum Gasteiger partial charge on any atom is 0.328 e. The van der Waals surface area contributed by atoms with Crippen LogP contribution in [0.2, 0.25) is 0 Å². The van der Waals surface area contributed by atoms with Crippen LogP contribution in [0.4, 0.5) is 0 Å². The van der Waals surface area contributed by atoms with Crippen molar-refractivity contribution in [3.63, 3.8) is 0 Å². The molecule has 0 radical (unpaired) electrons. The maximum atomic E-state index is 13.6. The van der Waals surface area contributed by atoms with E-state index in [1.165, 1.54) is 45.5 Å². The summed E-state index contributed by atoms with van der Waals surface area (Å²) >= 11 is 1.64. The Labute approximate surface area is 301 Å². The third kappa shape index (κ3) is 10.2. The van der Waals surface area contributed by atoms with Crippen molar-refractivity contribution in [2.75, 3.05) is 38.8 Å². The lowest BCUT2D eigenvalue weighted by Crippen LogP contribution is -2.50. The van der Waals surface area contributed by atoms with Crippen molar-refractivity contribution in [1.82, 2.24) is 25.1 Å². The number of aromatic nitrogens is 2. The highest BCUT2D eigenvalue weighted by Crippen LogP contribution is 2.22. The number of benzene rings is 4. The third-order valence-electron chi connectivity index (χ3n) is 9.61. The first kappa shape index (κ1) is 37.1. The molecular formula is C41H51N5O3S. The molecule has 0 spiro atoms. The fourth-order valence-electron chi connectivity index (χ4n) is 6.55. The molecule has 4 aromatic carbocycles. The zero-order valence-electron chi connectivity index (χ0n) is 29.8. The van der Waals surface area contributed by atoms with Gasteiger partial charge in [0.15, 0.2) is 0 Å². The van der Waals surface area contributed by atoms with Gasteiger partial charge in [-0.1, -0.05) is 99.1 Å². The highest BCUT2D eigenvalue weighted by molar-refractivity contribution is 7.98. The second-order valence-corrected chi connectivity index (χ2v) is 14.1. The molecule has 3 atom stereocenters. The first-order valence-electron chi connectivity index (χ1n) is 17.6. The lowest BCUT2D eigenvalue weighted by Gasteiger charge is -2.32. The Bertz CT molecular complexity index is 1840. The number of hydrogen-bond acceptors (Lipinski definition) is 7. The predicted molar refractivity (Wildman–Crippen MR) is 206 cm³/mol. The average Bonchev–Trinajstić information content (AvgIpc) is 3.58. The lowest BCUT2D eigenvalue weighted by molar-refractivity contribution is -0.145. The molecule has 264 valence electrons. The van der Waals surface area contributed by atoms with Crippen molar-refractivity contribution in [1.29, 1.82) is 0 Å². The van der Waals surface area contributed by atoms with Crippen LogP contribution in [-0.2, 0) is 33.8 Å². The molecule has 0 bridgehead atoms. The summed E-state index contributed by atoms with van der Waals surface area (Å²) in [6.45, 7) is 7.49. The molecule has 5 rings (SSSR count). The van der Waals surface area contributed by atoms with E-state index in [9.17, 15) is 9.59 Å². The Hall–Kier alpha value is -4.18. The highest BCUT2D eigenvalue weighted by Gasteiger charge is 2.25. The van der Waals surface area contributed by atoms with Gasteiger partial charge in [0.25, 0.3) is 0 Å². The van der Waals surface area contributed by atoms with Gasteiger partial charge in [-0.2, -0.15) is 11.8 Å². The number of methoxy groups -OCH3 is 1. The van der Waals surface area contributed by atoms with Crippen molar-refractivity contribution in [2.45, 2.75) is 58.3 Å². The molecule has 0 aliphatic heterocycles. The fourth-order valence-corrected chi connectivity index (χ4v) is 7.02. The molecule has 0 saturated heterocycles. The number of carbonyl (C=O) groups is 2. The summed E-state index contributed by atoms with van der Waals surface area (Å²) in [5.74, 6) is 0.537. The molecule has 1 heterocycles. The van der Waals surface area contributed by atoms with Crippen LogP contribution in [0.1, 0.15) is 43.5 Å². The van der Waals surface area contributed by atoms with Crippen molar-refractivity contribution in [2.24, 2.45) is 5.92 Å². The second-order valence-electron chi connectivity index (χ2n) is 13.1. The van der Waals surface area contributed by atoms with Crippen LogP contribution in [0, 0.1) is 5.92 Å². The van der Waals surface area contributed by atoms with Gasteiger partial charge in [0, 0.05) is 50.5 Å². The van der Waals surface area contributed by atoms with E-state index >= 15 is 0 Å². The third-order valence-corrected chi connectivity index (χ3v) is 10.3. The quantitative estimate of drug-likeness (QED) is 0.0932. The molecule has 0 aliphatic carbocycles. The molecule has 1 amide bonds. The Morgan fingerprint density at radius 2 is 1.74 bits per heavy atom. The minimum Gasteiger partial charge on any atom is -0.467 e. The molecule has 1 aromatic heterocycles. The monoisotopic (exact) mass is 693 g/mol. The van der Waals surface area contributed by atoms with Gasteiger partial charge in [0.1, 0.15) is 6.04 Å². The molecule has 0 saturated carbocycles. The predicted octanol–water partition coefficient (Wildman–Crippen LogP) is 6.70. The number of nitrogens with zero attached hydrogens (tertiary/aromatic N) is 3. The van der Waals surface area contributed by atoms with Crippen LogP contribution in [0.15, 0.2) is 97.5 Å². The van der Waals surface area contributed by atoms with E-state index in [2.05, 4.69) is 124 Å². The Kier molecular flexibility index (Phi) is 13.9. The molecule has 9 heteroatoms. The van der Waals surface area contributed by atoms with Crippen molar-refractivity contribution in [3.05, 3.63) is 114 Å². The standard InChI is InChI=1S/C41H51N5O3S/c1-5-30(2)39(43-21-19-36-24-42-29-46(36)25-31-17-18-32-11-6-7-13-34(32)23-31)27-45(26-35-15-10-14-33-12-8-9-16-37(33)35)28-40(47)44-38(20-22-50-4)41(48)49-3/h6-18,23-24,29-30,38-39,43H,5,19-22,25-28H2,1-4H3,(H,44,47)/t30-,38-,39+/m0/s1. The molecule has 50 heavy (non-hydrogen) atoms. The average molecular weight is 694 g/mol. The number of ether oxygens (including phenoxy) is 1. The number of nitrogens with one attached hydrogen (secondary N) is 2. The van der Waals surface area contributed by atoms with E-state index in [0.717, 1.165) is 31.7 Å². The summed E-state index contributed by atoms with van der Waals surface area (Å²) in [5.41, 5.74) is 3.60. The maximum absolute atomic E-state index is 13.6. The second kappa shape index (κ2) is 18.7. The zero-order valence-corrected chi connectivity index (χ0v) is 30.6. The van der Waals surface area contributed by atoms with E-state index in [0.29, 0.717) is 25.4 Å². The number of esters is 1. The summed E-state index contributed by atoms with van der Waals surface area (Å²) in [4.78, 5) is 32.8. The van der Waals surface area contributed by atoms with Crippen molar-refractivity contribution < 1.29 is 14.3 Å². The van der Waals surface area contributed by atoms with Crippen LogP contribution >= 0.6 is 11.8 Å². The number of amides is 1. The van der Waals surface area contributed by atoms with E-state index in [4.69, 9.17) is 4.74 Å². The lowest BCUT2D eigenvalue weighted by atomic mass is 9.97. The van der Waals surface area contributed by atoms with Crippen molar-refractivity contribution >= 4 is 45.2 Å². The molecule has 5 aromatic rings. The summed E-state index contributed by atoms with van der Waals surface area (Å²) in [5, 5.41) is 11.7. The van der Waals surface area contributed by atoms with Crippen LogP contribution in [0.5, 0.6) is 0 Å². The number of carbonyl (C=O) groups excluding carboxylic acids is 2. The summed E-state index contributed by atoms with van der Waals surface area (Å²) in [6, 6.07) is 29.3. The SMILES string of the molecule is CC[C@H](C)[C@@H](CN(CC(=O)N[C@@H](CCSC)C(=O)OC)Cc1cccc2ccccc12)NCCc1cncn1Cc1ccc2ccccc2c1. The van der Waals surface area contributed by atoms with Crippen LogP contribution in [0.3, 0.4) is 0 Å². The Balaban J connectivity index is 1.29. The summed E-state index contributed by atoms with van der Waals surface area (Å²) in [6.07, 6.45) is 8.24. The van der Waals surface area contributed by atoms with E-state index in [1.54, 1.807) is 11.8 Å². The Morgan fingerprint density at radius 1 is 0.980 bits per heavy atom. The van der Waals surface area contributed by atoms with E-state index in [-0.39, 0.29) is 18.5 Å². The molecule has 0 unspecified atom stereocenters. The van der Waals surface area contributed by atoms with E-state index < -0.39 is 12.0 Å². The number of imidazole rings is 1. The minimum atomic E-state index is -0.665. The first-order valence-corrected chi connectivity index (χ1v) is 19.0. The molecule has 2 N–H and O–H groups in total. The van der Waals surface area contributed by atoms with Crippen LogP contribution in [0.25, 0.3) is 21.5 Å². The van der Waals surface area contributed by atoms with Gasteiger partial charge in [-0.05, 0) is 63.1 Å².